The van der Waals surface area contributed by atoms with E-state index in [-0.39, 0.29) is 17.0 Å². The van der Waals surface area contributed by atoms with Crippen LogP contribution in [0.1, 0.15) is 22.4 Å². The van der Waals surface area contributed by atoms with Gasteiger partial charge >= 0.3 is 0 Å². The van der Waals surface area contributed by atoms with Gasteiger partial charge < -0.3 is 0 Å². The molecule has 0 saturated carbocycles. The molecule has 0 atom stereocenters. The lowest BCUT2D eigenvalue weighted by atomic mass is 10.1. The molecule has 160 valence electrons. The summed E-state index contributed by atoms with van der Waals surface area (Å²) in [6.07, 6.45) is 4.79. The first-order valence-corrected chi connectivity index (χ1v) is 11.9. The fourth-order valence-corrected chi connectivity index (χ4v) is 3.97. The standard InChI is InChI=1S/C25H21N3O3S/c1-18-5-3-6-19(13-18)7-4-8-21-14-23-24(15-26-21)27-17-28(25(23)29)16-20-9-11-22(12-10-20)32(2,30)31/h3,5-6,9-15,17H,7,16H2,1-2H3. The molecule has 2 aromatic heterocycles. The second-order valence-corrected chi connectivity index (χ2v) is 9.66. The van der Waals surface area contributed by atoms with Gasteiger partial charge in [-0.05, 0) is 42.2 Å². The van der Waals surface area contributed by atoms with Crippen molar-refractivity contribution in [3.05, 3.63) is 99.9 Å². The summed E-state index contributed by atoms with van der Waals surface area (Å²) < 4.78 is 24.7. The van der Waals surface area contributed by atoms with E-state index in [0.29, 0.717) is 23.0 Å². The molecule has 0 fully saturated rings. The maximum Gasteiger partial charge on any atom is 0.261 e. The van der Waals surface area contributed by atoms with Crippen LogP contribution in [-0.2, 0) is 22.8 Å². The Kier molecular flexibility index (Phi) is 5.89. The maximum absolute atomic E-state index is 13.0. The fraction of sp³-hybridized carbons (Fsp3) is 0.160. The summed E-state index contributed by atoms with van der Waals surface area (Å²) in [7, 11) is -3.26. The third-order valence-corrected chi connectivity index (χ3v) is 6.13. The van der Waals surface area contributed by atoms with Gasteiger partial charge in [0.15, 0.2) is 9.84 Å². The Morgan fingerprint density at radius 2 is 1.78 bits per heavy atom. The van der Waals surface area contributed by atoms with Gasteiger partial charge in [0.2, 0.25) is 0 Å². The number of pyridine rings is 1. The molecule has 0 unspecified atom stereocenters. The highest BCUT2D eigenvalue weighted by molar-refractivity contribution is 7.90. The van der Waals surface area contributed by atoms with Gasteiger partial charge in [0.25, 0.3) is 5.56 Å². The molecule has 4 rings (SSSR count). The molecule has 2 heterocycles. The predicted octanol–water partition coefficient (Wildman–Crippen LogP) is 3.15. The number of sulfone groups is 1. The van der Waals surface area contributed by atoms with E-state index in [4.69, 9.17) is 0 Å². The van der Waals surface area contributed by atoms with Crippen LogP contribution in [0.15, 0.2) is 76.8 Å². The average molecular weight is 444 g/mol. The Morgan fingerprint density at radius 3 is 2.50 bits per heavy atom. The summed E-state index contributed by atoms with van der Waals surface area (Å²) in [5.74, 6) is 6.14. The number of aryl methyl sites for hydroxylation is 1. The molecule has 0 aliphatic heterocycles. The van der Waals surface area contributed by atoms with Crippen LogP contribution in [0.5, 0.6) is 0 Å². The van der Waals surface area contributed by atoms with E-state index < -0.39 is 9.84 Å². The third kappa shape index (κ3) is 4.93. The zero-order chi connectivity index (χ0) is 22.7. The molecular weight excluding hydrogens is 422 g/mol. The molecule has 4 aromatic rings. The Bertz CT molecular complexity index is 1530. The number of nitrogens with zero attached hydrogens (tertiary/aromatic N) is 3. The normalized spacial score (nSPS) is 11.2. The van der Waals surface area contributed by atoms with Crippen molar-refractivity contribution in [3.63, 3.8) is 0 Å². The summed E-state index contributed by atoms with van der Waals surface area (Å²) >= 11 is 0. The minimum atomic E-state index is -3.26. The number of hydrogen-bond donors (Lipinski definition) is 0. The van der Waals surface area contributed by atoms with Gasteiger partial charge in [0.05, 0.1) is 34.9 Å². The smallest absolute Gasteiger partial charge is 0.261 e. The van der Waals surface area contributed by atoms with Crippen LogP contribution in [0.2, 0.25) is 0 Å². The summed E-state index contributed by atoms with van der Waals surface area (Å²) in [4.78, 5) is 21.9. The minimum Gasteiger partial charge on any atom is -0.294 e. The van der Waals surface area contributed by atoms with E-state index >= 15 is 0 Å². The molecule has 0 radical (unpaired) electrons. The number of aromatic nitrogens is 3. The summed E-state index contributed by atoms with van der Waals surface area (Å²) in [6.45, 7) is 2.32. The van der Waals surface area contributed by atoms with Gasteiger partial charge in [-0.3, -0.25) is 9.36 Å². The predicted molar refractivity (Wildman–Crippen MR) is 124 cm³/mol. The van der Waals surface area contributed by atoms with Gasteiger partial charge in [0, 0.05) is 12.7 Å². The molecule has 0 saturated heterocycles. The Hall–Kier alpha value is -3.76. The zero-order valence-electron chi connectivity index (χ0n) is 17.7. The second-order valence-electron chi connectivity index (χ2n) is 7.65. The molecule has 32 heavy (non-hydrogen) atoms. The van der Waals surface area contributed by atoms with Crippen LogP contribution in [-0.4, -0.2) is 29.2 Å². The highest BCUT2D eigenvalue weighted by Crippen LogP contribution is 2.12. The molecule has 0 aliphatic carbocycles. The van der Waals surface area contributed by atoms with Crippen molar-refractivity contribution in [1.29, 1.82) is 0 Å². The molecule has 7 heteroatoms. The number of benzene rings is 2. The van der Waals surface area contributed by atoms with Crippen molar-refractivity contribution < 1.29 is 8.42 Å². The van der Waals surface area contributed by atoms with E-state index in [2.05, 4.69) is 27.9 Å². The number of rotatable bonds is 4. The van der Waals surface area contributed by atoms with Crippen molar-refractivity contribution in [2.24, 2.45) is 0 Å². The molecule has 0 bridgehead atoms. The van der Waals surface area contributed by atoms with E-state index in [1.54, 1.807) is 24.4 Å². The van der Waals surface area contributed by atoms with E-state index in [1.807, 2.05) is 25.1 Å². The summed E-state index contributed by atoms with van der Waals surface area (Å²) in [5, 5.41) is 0.440. The van der Waals surface area contributed by atoms with Gasteiger partial charge in [0.1, 0.15) is 5.69 Å². The largest absolute Gasteiger partial charge is 0.294 e. The van der Waals surface area contributed by atoms with E-state index in [0.717, 1.165) is 17.4 Å². The van der Waals surface area contributed by atoms with Crippen molar-refractivity contribution in [1.82, 2.24) is 14.5 Å². The van der Waals surface area contributed by atoms with Gasteiger partial charge in [-0.15, -0.1) is 0 Å². The van der Waals surface area contributed by atoms with Crippen molar-refractivity contribution in [2.45, 2.75) is 24.8 Å². The first-order chi connectivity index (χ1) is 15.3. The molecule has 0 N–H and O–H groups in total. The first-order valence-electron chi connectivity index (χ1n) is 9.98. The van der Waals surface area contributed by atoms with E-state index in [9.17, 15) is 13.2 Å². The minimum absolute atomic E-state index is 0.202. The molecule has 0 aliphatic rings. The second kappa shape index (κ2) is 8.77. The van der Waals surface area contributed by atoms with Crippen LogP contribution in [0.3, 0.4) is 0 Å². The Labute approximate surface area is 186 Å². The summed E-state index contributed by atoms with van der Waals surface area (Å²) in [6, 6.07) is 16.3. The van der Waals surface area contributed by atoms with Crippen molar-refractivity contribution in [2.75, 3.05) is 6.26 Å². The lowest BCUT2D eigenvalue weighted by Gasteiger charge is -2.07. The van der Waals surface area contributed by atoms with Crippen molar-refractivity contribution >= 4 is 20.7 Å². The van der Waals surface area contributed by atoms with Crippen LogP contribution in [0, 0.1) is 18.8 Å². The van der Waals surface area contributed by atoms with Crippen LogP contribution in [0.4, 0.5) is 0 Å². The van der Waals surface area contributed by atoms with Crippen LogP contribution >= 0.6 is 0 Å². The van der Waals surface area contributed by atoms with Gasteiger partial charge in [-0.2, -0.15) is 0 Å². The van der Waals surface area contributed by atoms with Crippen LogP contribution in [0.25, 0.3) is 10.9 Å². The molecule has 2 aromatic carbocycles. The highest BCUT2D eigenvalue weighted by Gasteiger charge is 2.09. The first kappa shape index (κ1) is 21.5. The number of hydrogen-bond acceptors (Lipinski definition) is 5. The molecule has 0 amide bonds. The van der Waals surface area contributed by atoms with Crippen molar-refractivity contribution in [3.8, 4) is 11.8 Å². The highest BCUT2D eigenvalue weighted by atomic mass is 32.2. The lowest BCUT2D eigenvalue weighted by Crippen LogP contribution is -2.21. The quantitative estimate of drug-likeness (QED) is 0.453. The third-order valence-electron chi connectivity index (χ3n) is 5.01. The molecule has 6 nitrogen and oxygen atoms in total. The van der Waals surface area contributed by atoms with E-state index in [1.165, 1.54) is 28.6 Å². The molecular formula is C25H21N3O3S. The number of fused-ring (bicyclic) bond motifs is 1. The maximum atomic E-state index is 13.0. The van der Waals surface area contributed by atoms with Crippen LogP contribution < -0.4 is 5.56 Å². The average Bonchev–Trinajstić information content (AvgIpc) is 2.76. The van der Waals surface area contributed by atoms with Gasteiger partial charge in [-0.1, -0.05) is 47.9 Å². The topological polar surface area (TPSA) is 81.9 Å². The summed E-state index contributed by atoms with van der Waals surface area (Å²) in [5.41, 5.74) is 3.93. The zero-order valence-corrected chi connectivity index (χ0v) is 18.6. The fourth-order valence-electron chi connectivity index (χ4n) is 3.34. The SMILES string of the molecule is Cc1cccc(CC#Cc2cc3c(=O)n(Cc4ccc(S(C)(=O)=O)cc4)cnc3cn2)c1. The monoisotopic (exact) mass is 443 g/mol. The Morgan fingerprint density at radius 1 is 1.00 bits per heavy atom. The Balaban J connectivity index is 1.59. The molecule has 0 spiro atoms. The van der Waals surface area contributed by atoms with Gasteiger partial charge in [-0.25, -0.2) is 18.4 Å². The lowest BCUT2D eigenvalue weighted by molar-refractivity contribution is 0.602.